The summed E-state index contributed by atoms with van der Waals surface area (Å²) in [6.07, 6.45) is 0.0194. The van der Waals surface area contributed by atoms with Gasteiger partial charge in [-0.15, -0.1) is 0 Å². The van der Waals surface area contributed by atoms with Crippen molar-refractivity contribution in [1.82, 2.24) is 4.72 Å². The average molecular weight is 438 g/mol. The Balaban J connectivity index is 1.81. The van der Waals surface area contributed by atoms with Gasteiger partial charge in [-0.1, -0.05) is 54.6 Å². The van der Waals surface area contributed by atoms with Gasteiger partial charge in [0.2, 0.25) is 10.0 Å². The normalized spacial score (nSPS) is 12.0. The number of hydrogen-bond acceptors (Lipinski definition) is 5. The van der Waals surface area contributed by atoms with Crippen molar-refractivity contribution in [2.24, 2.45) is 0 Å². The highest BCUT2D eigenvalue weighted by Gasteiger charge is 2.29. The van der Waals surface area contributed by atoms with Crippen LogP contribution in [-0.2, 0) is 32.6 Å². The minimum absolute atomic E-state index is 0.0194. The lowest BCUT2D eigenvalue weighted by Crippen LogP contribution is -2.43. The number of nitrogens with one attached hydrogen (secondary N) is 1. The van der Waals surface area contributed by atoms with Gasteiger partial charge in [0, 0.05) is 0 Å². The third-order valence-electron chi connectivity index (χ3n) is 4.43. The second-order valence-corrected chi connectivity index (χ2v) is 8.40. The zero-order valence-electron chi connectivity index (χ0n) is 16.4. The number of ether oxygens (including phenoxy) is 1. The van der Waals surface area contributed by atoms with Crippen LogP contribution in [0.4, 0.5) is 4.39 Å². The van der Waals surface area contributed by atoms with Crippen LogP contribution in [0.5, 0.6) is 0 Å². The van der Waals surface area contributed by atoms with Gasteiger partial charge in [0.1, 0.15) is 23.4 Å². The summed E-state index contributed by atoms with van der Waals surface area (Å²) in [4.78, 5) is 12.2. The van der Waals surface area contributed by atoms with Crippen LogP contribution in [0.25, 0.3) is 0 Å². The van der Waals surface area contributed by atoms with E-state index in [4.69, 9.17) is 10.00 Å². The smallest absolute Gasteiger partial charge is 0.324 e. The molecule has 0 aliphatic rings. The van der Waals surface area contributed by atoms with Crippen LogP contribution < -0.4 is 4.72 Å². The van der Waals surface area contributed by atoms with Crippen molar-refractivity contribution < 1.29 is 22.3 Å². The first-order valence-electron chi connectivity index (χ1n) is 9.35. The van der Waals surface area contributed by atoms with Crippen LogP contribution in [-0.4, -0.2) is 20.4 Å². The summed E-state index contributed by atoms with van der Waals surface area (Å²) in [5, 5.41) is 8.98. The largest absolute Gasteiger partial charge is 0.460 e. The van der Waals surface area contributed by atoms with E-state index in [1.54, 1.807) is 54.6 Å². The number of nitrogens with zero attached hydrogens (tertiary/aromatic N) is 1. The standard InChI is InChI=1S/C23H19FN2O4S/c24-20-11-4-5-12-22(20)31(28,29)26-21(14-17-7-2-1-3-8-17)23(27)30-16-19-10-6-9-18(13-19)15-25/h1-13,21,26H,14,16H2/t21-/m0/s1. The lowest BCUT2D eigenvalue weighted by Gasteiger charge is -2.18. The molecular weight excluding hydrogens is 419 g/mol. The fourth-order valence-corrected chi connectivity index (χ4v) is 4.19. The maximum atomic E-state index is 14.0. The number of carbonyl (C=O) groups excluding carboxylic acids is 1. The molecule has 0 amide bonds. The number of esters is 1. The number of sulfonamides is 1. The van der Waals surface area contributed by atoms with Gasteiger partial charge >= 0.3 is 5.97 Å². The Labute approximate surface area is 180 Å². The average Bonchev–Trinajstić information content (AvgIpc) is 2.78. The van der Waals surface area contributed by atoms with Gasteiger partial charge in [-0.2, -0.15) is 9.98 Å². The van der Waals surface area contributed by atoms with E-state index in [2.05, 4.69) is 4.72 Å². The molecule has 3 rings (SSSR count). The highest BCUT2D eigenvalue weighted by Crippen LogP contribution is 2.16. The van der Waals surface area contributed by atoms with Crippen LogP contribution in [0.3, 0.4) is 0 Å². The van der Waals surface area contributed by atoms with E-state index in [1.165, 1.54) is 12.1 Å². The fourth-order valence-electron chi connectivity index (χ4n) is 2.92. The molecule has 8 heteroatoms. The number of rotatable bonds is 8. The molecule has 0 unspecified atom stereocenters. The number of carbonyl (C=O) groups is 1. The van der Waals surface area contributed by atoms with Gasteiger partial charge in [-0.05, 0) is 41.8 Å². The molecule has 0 saturated carbocycles. The molecule has 0 saturated heterocycles. The summed E-state index contributed by atoms with van der Waals surface area (Å²) in [6.45, 7) is -0.138. The molecule has 1 N–H and O–H groups in total. The van der Waals surface area contributed by atoms with Gasteiger partial charge in [-0.3, -0.25) is 4.79 Å². The van der Waals surface area contributed by atoms with Crippen LogP contribution in [0.2, 0.25) is 0 Å². The summed E-state index contributed by atoms with van der Waals surface area (Å²) in [7, 11) is -4.32. The highest BCUT2D eigenvalue weighted by atomic mass is 32.2. The second kappa shape index (κ2) is 9.98. The second-order valence-electron chi connectivity index (χ2n) is 6.71. The monoisotopic (exact) mass is 438 g/mol. The van der Waals surface area contributed by atoms with Crippen LogP contribution in [0, 0.1) is 17.1 Å². The molecule has 0 bridgehead atoms. The highest BCUT2D eigenvalue weighted by molar-refractivity contribution is 7.89. The molecular formula is C23H19FN2O4S. The molecule has 31 heavy (non-hydrogen) atoms. The van der Waals surface area contributed by atoms with Crippen LogP contribution in [0.1, 0.15) is 16.7 Å². The molecule has 0 aliphatic carbocycles. The van der Waals surface area contributed by atoms with E-state index in [-0.39, 0.29) is 13.0 Å². The molecule has 158 valence electrons. The minimum Gasteiger partial charge on any atom is -0.460 e. The summed E-state index contributed by atoms with van der Waals surface area (Å²) in [6, 6.07) is 21.0. The quantitative estimate of drug-likeness (QED) is 0.544. The van der Waals surface area contributed by atoms with E-state index in [1.807, 2.05) is 6.07 Å². The van der Waals surface area contributed by atoms with Crippen molar-refractivity contribution in [3.8, 4) is 6.07 Å². The lowest BCUT2D eigenvalue weighted by atomic mass is 10.1. The lowest BCUT2D eigenvalue weighted by molar-refractivity contribution is -0.147. The molecule has 0 fully saturated rings. The van der Waals surface area contributed by atoms with Crippen LogP contribution in [0.15, 0.2) is 83.8 Å². The first-order chi connectivity index (χ1) is 14.9. The van der Waals surface area contributed by atoms with Gasteiger partial charge < -0.3 is 4.74 Å². The third kappa shape index (κ3) is 5.98. The topological polar surface area (TPSA) is 96.3 Å². The van der Waals surface area contributed by atoms with E-state index in [9.17, 15) is 17.6 Å². The van der Waals surface area contributed by atoms with E-state index in [0.717, 1.165) is 12.1 Å². The summed E-state index contributed by atoms with van der Waals surface area (Å²) < 4.78 is 47.1. The van der Waals surface area contributed by atoms with Gasteiger partial charge in [0.05, 0.1) is 11.6 Å². The molecule has 3 aromatic carbocycles. The molecule has 0 heterocycles. The Morgan fingerprint density at radius 1 is 1.00 bits per heavy atom. The predicted octanol–water partition coefficient (Wildman–Crippen LogP) is 3.33. The number of hydrogen-bond donors (Lipinski definition) is 1. The van der Waals surface area contributed by atoms with Crippen molar-refractivity contribution in [3.05, 3.63) is 101 Å². The van der Waals surface area contributed by atoms with Crippen molar-refractivity contribution in [1.29, 1.82) is 5.26 Å². The van der Waals surface area contributed by atoms with E-state index < -0.39 is 32.7 Å². The van der Waals surface area contributed by atoms with E-state index >= 15 is 0 Å². The Kier molecular flexibility index (Phi) is 7.13. The first kappa shape index (κ1) is 22.2. The zero-order valence-corrected chi connectivity index (χ0v) is 17.2. The van der Waals surface area contributed by atoms with Gasteiger partial charge in [0.25, 0.3) is 0 Å². The third-order valence-corrected chi connectivity index (χ3v) is 5.93. The van der Waals surface area contributed by atoms with Gasteiger partial charge in [-0.25, -0.2) is 12.8 Å². The maximum absolute atomic E-state index is 14.0. The SMILES string of the molecule is N#Cc1cccc(COC(=O)[C@H](Cc2ccccc2)NS(=O)(=O)c2ccccc2F)c1. The minimum atomic E-state index is -4.32. The first-order valence-corrected chi connectivity index (χ1v) is 10.8. The molecule has 0 spiro atoms. The summed E-state index contributed by atoms with van der Waals surface area (Å²) in [5.74, 6) is -1.73. The van der Waals surface area contributed by atoms with Crippen LogP contribution >= 0.6 is 0 Å². The fraction of sp³-hybridized carbons (Fsp3) is 0.130. The van der Waals surface area contributed by atoms with Gasteiger partial charge in [0.15, 0.2) is 0 Å². The van der Waals surface area contributed by atoms with Crippen molar-refractivity contribution in [2.75, 3.05) is 0 Å². The number of halogens is 1. The molecule has 0 aromatic heterocycles. The summed E-state index contributed by atoms with van der Waals surface area (Å²) >= 11 is 0. The molecule has 6 nitrogen and oxygen atoms in total. The molecule has 0 radical (unpaired) electrons. The number of nitriles is 1. The number of benzene rings is 3. The predicted molar refractivity (Wildman–Crippen MR) is 112 cm³/mol. The zero-order chi connectivity index (χ0) is 22.3. The Morgan fingerprint density at radius 3 is 2.39 bits per heavy atom. The Morgan fingerprint density at radius 2 is 1.68 bits per heavy atom. The molecule has 0 aliphatic heterocycles. The Bertz CT molecular complexity index is 1210. The maximum Gasteiger partial charge on any atom is 0.324 e. The Hall–Kier alpha value is -3.54. The van der Waals surface area contributed by atoms with E-state index in [0.29, 0.717) is 16.7 Å². The van der Waals surface area contributed by atoms with Crippen molar-refractivity contribution in [3.63, 3.8) is 0 Å². The van der Waals surface area contributed by atoms with Crippen molar-refractivity contribution in [2.45, 2.75) is 24.0 Å². The molecule has 1 atom stereocenters. The molecule has 3 aromatic rings. The van der Waals surface area contributed by atoms with Crippen molar-refractivity contribution >= 4 is 16.0 Å². The summed E-state index contributed by atoms with van der Waals surface area (Å²) in [5.41, 5.74) is 1.70.